The number of hydrogen-bond donors (Lipinski definition) is 3. The molecule has 0 bridgehead atoms. The summed E-state index contributed by atoms with van der Waals surface area (Å²) in [7, 11) is 3.72. The van der Waals surface area contributed by atoms with E-state index in [0.717, 1.165) is 0 Å². The topological polar surface area (TPSA) is 98.9 Å². The van der Waals surface area contributed by atoms with Crippen molar-refractivity contribution >= 4 is 5.69 Å². The molecule has 1 unspecified atom stereocenters. The molecule has 20 heavy (non-hydrogen) atoms. The van der Waals surface area contributed by atoms with Crippen LogP contribution in [-0.2, 0) is 6.54 Å². The summed E-state index contributed by atoms with van der Waals surface area (Å²) in [5.41, 5.74) is -0.556. The van der Waals surface area contributed by atoms with Crippen LogP contribution in [0.1, 0.15) is 12.5 Å². The predicted octanol–water partition coefficient (Wildman–Crippen LogP) is 0.703. The number of hydrogen-bond acceptors (Lipinski definition) is 6. The molecule has 1 atom stereocenters. The number of aromatic hydroxyl groups is 1. The lowest BCUT2D eigenvalue weighted by Crippen LogP contribution is -2.45. The van der Waals surface area contributed by atoms with Crippen molar-refractivity contribution < 1.29 is 15.1 Å². The molecular formula is C13H21N3O4. The largest absolute Gasteiger partial charge is 0.508 e. The third-order valence-corrected chi connectivity index (χ3v) is 2.75. The van der Waals surface area contributed by atoms with Crippen LogP contribution in [0.4, 0.5) is 5.69 Å². The van der Waals surface area contributed by atoms with Gasteiger partial charge in [-0.05, 0) is 27.1 Å². The quantitative estimate of drug-likeness (QED) is 0.503. The smallest absolute Gasteiger partial charge is 0.270 e. The third kappa shape index (κ3) is 5.12. The molecule has 0 aliphatic carbocycles. The molecule has 0 aliphatic rings. The average Bonchev–Trinajstić information content (AvgIpc) is 2.29. The van der Waals surface area contributed by atoms with E-state index in [4.69, 9.17) is 0 Å². The van der Waals surface area contributed by atoms with Crippen molar-refractivity contribution in [3.05, 3.63) is 33.9 Å². The summed E-state index contributed by atoms with van der Waals surface area (Å²) in [4.78, 5) is 12.0. The van der Waals surface area contributed by atoms with E-state index in [2.05, 4.69) is 5.32 Å². The van der Waals surface area contributed by atoms with Crippen LogP contribution in [0.5, 0.6) is 5.75 Å². The number of nitro groups is 1. The van der Waals surface area contributed by atoms with Crippen LogP contribution in [0.2, 0.25) is 0 Å². The Labute approximate surface area is 118 Å². The fraction of sp³-hybridized carbons (Fsp3) is 0.538. The molecule has 7 nitrogen and oxygen atoms in total. The molecule has 112 valence electrons. The second kappa shape index (κ2) is 6.65. The van der Waals surface area contributed by atoms with Gasteiger partial charge in [0, 0.05) is 37.3 Å². The van der Waals surface area contributed by atoms with E-state index in [1.807, 2.05) is 19.0 Å². The van der Waals surface area contributed by atoms with Crippen LogP contribution < -0.4 is 5.32 Å². The normalized spacial score (nSPS) is 14.2. The Morgan fingerprint density at radius 3 is 2.65 bits per heavy atom. The highest BCUT2D eigenvalue weighted by molar-refractivity contribution is 5.42. The molecule has 0 fully saturated rings. The Kier molecular flexibility index (Phi) is 5.43. The molecule has 0 radical (unpaired) electrons. The van der Waals surface area contributed by atoms with Crippen molar-refractivity contribution in [1.29, 1.82) is 0 Å². The summed E-state index contributed by atoms with van der Waals surface area (Å²) >= 11 is 0. The Balaban J connectivity index is 2.62. The zero-order valence-electron chi connectivity index (χ0n) is 12.0. The van der Waals surface area contributed by atoms with Crippen LogP contribution in [0.15, 0.2) is 18.2 Å². The van der Waals surface area contributed by atoms with Gasteiger partial charge in [-0.2, -0.15) is 0 Å². The fourth-order valence-corrected chi connectivity index (χ4v) is 2.03. The van der Waals surface area contributed by atoms with Crippen molar-refractivity contribution in [2.45, 2.75) is 19.1 Å². The Hall–Kier alpha value is -1.70. The zero-order chi connectivity index (χ0) is 15.3. The molecule has 0 saturated heterocycles. The molecule has 0 aliphatic heterocycles. The van der Waals surface area contributed by atoms with Gasteiger partial charge in [-0.15, -0.1) is 0 Å². The van der Waals surface area contributed by atoms with Gasteiger partial charge in [0.25, 0.3) is 5.69 Å². The molecule has 0 amide bonds. The number of phenolic OH excluding ortho intramolecular Hbond substituents is 1. The van der Waals surface area contributed by atoms with Gasteiger partial charge in [-0.1, -0.05) is 0 Å². The first kappa shape index (κ1) is 16.4. The van der Waals surface area contributed by atoms with Crippen molar-refractivity contribution in [3.8, 4) is 5.75 Å². The first-order chi connectivity index (χ1) is 9.21. The van der Waals surface area contributed by atoms with Crippen molar-refractivity contribution in [2.75, 3.05) is 27.2 Å². The molecule has 1 aromatic rings. The SMILES string of the molecule is CN(C)CC(C)(O)CNCc1cc([N+](=O)[O-])ccc1O. The first-order valence-electron chi connectivity index (χ1n) is 6.25. The number of benzene rings is 1. The molecule has 3 N–H and O–H groups in total. The number of likely N-dealkylation sites (N-methyl/N-ethyl adjacent to an activating group) is 1. The van der Waals surface area contributed by atoms with Crippen molar-refractivity contribution in [3.63, 3.8) is 0 Å². The Morgan fingerprint density at radius 2 is 2.10 bits per heavy atom. The summed E-state index contributed by atoms with van der Waals surface area (Å²) < 4.78 is 0. The van der Waals surface area contributed by atoms with Crippen LogP contribution in [-0.4, -0.2) is 52.8 Å². The maximum Gasteiger partial charge on any atom is 0.270 e. The monoisotopic (exact) mass is 283 g/mol. The van der Waals surface area contributed by atoms with Crippen LogP contribution in [0, 0.1) is 10.1 Å². The highest BCUT2D eigenvalue weighted by atomic mass is 16.6. The zero-order valence-corrected chi connectivity index (χ0v) is 12.0. The van der Waals surface area contributed by atoms with E-state index in [0.29, 0.717) is 18.7 Å². The lowest BCUT2D eigenvalue weighted by Gasteiger charge is -2.27. The lowest BCUT2D eigenvalue weighted by atomic mass is 10.1. The van der Waals surface area contributed by atoms with Crippen LogP contribution in [0.3, 0.4) is 0 Å². The molecule has 1 aromatic carbocycles. The highest BCUT2D eigenvalue weighted by Gasteiger charge is 2.21. The van der Waals surface area contributed by atoms with Crippen molar-refractivity contribution in [2.24, 2.45) is 0 Å². The van der Waals surface area contributed by atoms with E-state index < -0.39 is 10.5 Å². The number of phenols is 1. The van der Waals surface area contributed by atoms with Gasteiger partial charge in [-0.3, -0.25) is 10.1 Å². The first-order valence-corrected chi connectivity index (χ1v) is 6.25. The fourth-order valence-electron chi connectivity index (χ4n) is 2.03. The van der Waals surface area contributed by atoms with Gasteiger partial charge in [0.2, 0.25) is 0 Å². The minimum absolute atomic E-state index is 0.00430. The molecule has 0 heterocycles. The van der Waals surface area contributed by atoms with Gasteiger partial charge >= 0.3 is 0 Å². The molecule has 0 aromatic heterocycles. The molecule has 0 spiro atoms. The Morgan fingerprint density at radius 1 is 1.45 bits per heavy atom. The minimum Gasteiger partial charge on any atom is -0.508 e. The second-order valence-electron chi connectivity index (χ2n) is 5.41. The molecule has 1 rings (SSSR count). The van der Waals surface area contributed by atoms with E-state index >= 15 is 0 Å². The van der Waals surface area contributed by atoms with Gasteiger partial charge in [0.15, 0.2) is 0 Å². The highest BCUT2D eigenvalue weighted by Crippen LogP contribution is 2.22. The van der Waals surface area contributed by atoms with Gasteiger partial charge in [0.05, 0.1) is 10.5 Å². The van der Waals surface area contributed by atoms with Crippen LogP contribution in [0.25, 0.3) is 0 Å². The summed E-state index contributed by atoms with van der Waals surface area (Å²) in [6.07, 6.45) is 0. The third-order valence-electron chi connectivity index (χ3n) is 2.75. The van der Waals surface area contributed by atoms with Gasteiger partial charge in [0.1, 0.15) is 5.75 Å². The Bertz CT molecular complexity index is 475. The van der Waals surface area contributed by atoms with Crippen LogP contribution >= 0.6 is 0 Å². The molecule has 0 saturated carbocycles. The minimum atomic E-state index is -0.917. The van der Waals surface area contributed by atoms with Gasteiger partial charge < -0.3 is 20.4 Å². The van der Waals surface area contributed by atoms with E-state index in [1.165, 1.54) is 18.2 Å². The summed E-state index contributed by atoms with van der Waals surface area (Å²) in [5, 5.41) is 33.4. The second-order valence-corrected chi connectivity index (χ2v) is 5.41. The number of aliphatic hydroxyl groups is 1. The van der Waals surface area contributed by atoms with Gasteiger partial charge in [-0.25, -0.2) is 0 Å². The predicted molar refractivity (Wildman–Crippen MR) is 75.6 cm³/mol. The summed E-state index contributed by atoms with van der Waals surface area (Å²) in [6, 6.07) is 3.87. The lowest BCUT2D eigenvalue weighted by molar-refractivity contribution is -0.384. The van der Waals surface area contributed by atoms with E-state index in [1.54, 1.807) is 6.92 Å². The standard InChI is InChI=1S/C13H21N3O4/c1-13(18,9-15(2)3)8-14-7-10-6-11(16(19)20)4-5-12(10)17/h4-6,14,17-18H,7-9H2,1-3H3. The molecule has 7 heteroatoms. The maximum atomic E-state index is 10.7. The number of nitrogens with zero attached hydrogens (tertiary/aromatic N) is 2. The summed E-state index contributed by atoms with van der Waals surface area (Å²) in [6.45, 7) is 2.75. The average molecular weight is 283 g/mol. The molecular weight excluding hydrogens is 262 g/mol. The van der Waals surface area contributed by atoms with Crippen molar-refractivity contribution in [1.82, 2.24) is 10.2 Å². The number of nitrogens with one attached hydrogen (secondary N) is 1. The maximum absolute atomic E-state index is 10.7. The number of nitro benzene ring substituents is 1. The van der Waals surface area contributed by atoms with E-state index in [-0.39, 0.29) is 18.0 Å². The summed E-state index contributed by atoms with van der Waals surface area (Å²) in [5.74, 6) is -0.00430. The number of non-ortho nitro benzene ring substituents is 1. The van der Waals surface area contributed by atoms with E-state index in [9.17, 15) is 20.3 Å². The number of rotatable bonds is 7.